The van der Waals surface area contributed by atoms with Crippen molar-refractivity contribution in [2.45, 2.75) is 13.8 Å². The minimum Gasteiger partial charge on any atom is -0.289 e. The molecule has 0 bridgehead atoms. The molecular formula is C15H11BrClFO. The van der Waals surface area contributed by atoms with Crippen molar-refractivity contribution in [2.75, 3.05) is 0 Å². The molecule has 1 nitrogen and oxygen atoms in total. The lowest BCUT2D eigenvalue weighted by Gasteiger charge is -2.09. The molecule has 0 N–H and O–H groups in total. The highest BCUT2D eigenvalue weighted by atomic mass is 79.9. The molecule has 2 rings (SSSR count). The summed E-state index contributed by atoms with van der Waals surface area (Å²) in [6, 6.07) is 8.08. The molecule has 0 aromatic heterocycles. The van der Waals surface area contributed by atoms with Crippen molar-refractivity contribution >= 4 is 33.3 Å². The quantitative estimate of drug-likeness (QED) is 0.695. The molecule has 2 aromatic rings. The number of halogens is 3. The molecule has 98 valence electrons. The number of hydrogen-bond acceptors (Lipinski definition) is 1. The fraction of sp³-hybridized carbons (Fsp3) is 0.133. The molecule has 0 aliphatic heterocycles. The van der Waals surface area contributed by atoms with Crippen molar-refractivity contribution in [3.8, 4) is 0 Å². The first kappa shape index (κ1) is 14.2. The van der Waals surface area contributed by atoms with E-state index >= 15 is 0 Å². The predicted octanol–water partition coefficient (Wildman–Crippen LogP) is 5.09. The Morgan fingerprint density at radius 3 is 2.53 bits per heavy atom. The van der Waals surface area contributed by atoms with Crippen LogP contribution in [0.2, 0.25) is 5.02 Å². The highest BCUT2D eigenvalue weighted by molar-refractivity contribution is 9.10. The SMILES string of the molecule is Cc1cc(C(=O)c2cccc(C)c2Br)c(Cl)cc1F. The molecule has 0 heterocycles. The average molecular weight is 342 g/mol. The van der Waals surface area contributed by atoms with Crippen LogP contribution in [0, 0.1) is 19.7 Å². The number of ketones is 1. The summed E-state index contributed by atoms with van der Waals surface area (Å²) in [5.74, 6) is -0.631. The van der Waals surface area contributed by atoms with E-state index in [9.17, 15) is 9.18 Å². The Morgan fingerprint density at radius 2 is 1.84 bits per heavy atom. The molecule has 0 aliphatic carbocycles. The van der Waals surface area contributed by atoms with Crippen molar-refractivity contribution in [1.82, 2.24) is 0 Å². The summed E-state index contributed by atoms with van der Waals surface area (Å²) in [6.07, 6.45) is 0. The van der Waals surface area contributed by atoms with E-state index in [1.807, 2.05) is 13.0 Å². The third kappa shape index (κ3) is 2.72. The predicted molar refractivity (Wildman–Crippen MR) is 78.5 cm³/mol. The van der Waals surface area contributed by atoms with E-state index < -0.39 is 5.82 Å². The summed E-state index contributed by atoms with van der Waals surface area (Å²) in [7, 11) is 0. The van der Waals surface area contributed by atoms with Gasteiger partial charge in [0.15, 0.2) is 5.78 Å². The molecule has 0 fully saturated rings. The van der Waals surface area contributed by atoms with Gasteiger partial charge in [-0.3, -0.25) is 4.79 Å². The number of aryl methyl sites for hydroxylation is 2. The third-order valence-electron chi connectivity index (χ3n) is 2.93. The Morgan fingerprint density at radius 1 is 1.16 bits per heavy atom. The van der Waals surface area contributed by atoms with Crippen molar-refractivity contribution in [2.24, 2.45) is 0 Å². The normalized spacial score (nSPS) is 10.6. The van der Waals surface area contributed by atoms with Gasteiger partial charge < -0.3 is 0 Å². The zero-order valence-electron chi connectivity index (χ0n) is 10.4. The van der Waals surface area contributed by atoms with Gasteiger partial charge in [0.25, 0.3) is 0 Å². The topological polar surface area (TPSA) is 17.1 Å². The first-order valence-corrected chi connectivity index (χ1v) is 6.84. The van der Waals surface area contributed by atoms with Crippen LogP contribution < -0.4 is 0 Å². The van der Waals surface area contributed by atoms with Crippen LogP contribution in [0.4, 0.5) is 4.39 Å². The second kappa shape index (κ2) is 5.43. The van der Waals surface area contributed by atoms with E-state index in [-0.39, 0.29) is 10.8 Å². The van der Waals surface area contributed by atoms with Crippen LogP contribution in [-0.4, -0.2) is 5.78 Å². The standard InChI is InChI=1S/C15H11BrClFO/c1-8-4-3-5-10(14(8)16)15(19)11-6-9(2)13(18)7-12(11)17/h3-7H,1-2H3. The van der Waals surface area contributed by atoms with Crippen LogP contribution in [0.1, 0.15) is 27.0 Å². The van der Waals surface area contributed by atoms with Crippen LogP contribution in [0.3, 0.4) is 0 Å². The monoisotopic (exact) mass is 340 g/mol. The molecule has 2 aromatic carbocycles. The lowest BCUT2D eigenvalue weighted by Crippen LogP contribution is -2.05. The summed E-state index contributed by atoms with van der Waals surface area (Å²) < 4.78 is 14.1. The van der Waals surface area contributed by atoms with Crippen LogP contribution in [0.25, 0.3) is 0 Å². The van der Waals surface area contributed by atoms with Crippen molar-refractivity contribution in [3.05, 3.63) is 67.9 Å². The summed E-state index contributed by atoms with van der Waals surface area (Å²) in [4.78, 5) is 12.5. The second-order valence-electron chi connectivity index (χ2n) is 4.35. The van der Waals surface area contributed by atoms with E-state index in [1.54, 1.807) is 19.1 Å². The Hall–Kier alpha value is -1.19. The van der Waals surface area contributed by atoms with Gasteiger partial charge in [0, 0.05) is 15.6 Å². The number of hydrogen-bond donors (Lipinski definition) is 0. The van der Waals surface area contributed by atoms with Crippen molar-refractivity contribution < 1.29 is 9.18 Å². The Balaban J connectivity index is 2.56. The Kier molecular flexibility index (Phi) is 4.07. The molecule has 0 atom stereocenters. The summed E-state index contributed by atoms with van der Waals surface area (Å²) in [5, 5.41) is 0.126. The third-order valence-corrected chi connectivity index (χ3v) is 4.29. The average Bonchev–Trinajstić information content (AvgIpc) is 2.36. The Labute approximate surface area is 124 Å². The van der Waals surface area contributed by atoms with Gasteiger partial charge in [0.2, 0.25) is 0 Å². The van der Waals surface area contributed by atoms with Crippen LogP contribution in [0.15, 0.2) is 34.8 Å². The molecule has 0 spiro atoms. The summed E-state index contributed by atoms with van der Waals surface area (Å²) in [5.41, 5.74) is 2.19. The van der Waals surface area contributed by atoms with Crippen LogP contribution in [0.5, 0.6) is 0 Å². The Bertz CT molecular complexity index is 667. The molecule has 0 saturated heterocycles. The van der Waals surface area contributed by atoms with E-state index in [1.165, 1.54) is 12.1 Å². The number of carbonyl (C=O) groups is 1. The van der Waals surface area contributed by atoms with E-state index in [0.29, 0.717) is 16.7 Å². The van der Waals surface area contributed by atoms with Gasteiger partial charge in [-0.2, -0.15) is 0 Å². The summed E-state index contributed by atoms with van der Waals surface area (Å²) in [6.45, 7) is 3.51. The second-order valence-corrected chi connectivity index (χ2v) is 5.55. The first-order chi connectivity index (χ1) is 8.91. The van der Waals surface area contributed by atoms with Gasteiger partial charge in [0.05, 0.1) is 5.02 Å². The van der Waals surface area contributed by atoms with Gasteiger partial charge in [-0.25, -0.2) is 4.39 Å². The zero-order valence-corrected chi connectivity index (χ0v) is 12.8. The first-order valence-electron chi connectivity index (χ1n) is 5.67. The lowest BCUT2D eigenvalue weighted by molar-refractivity contribution is 0.103. The highest BCUT2D eigenvalue weighted by Gasteiger charge is 2.18. The maximum Gasteiger partial charge on any atom is 0.195 e. The van der Waals surface area contributed by atoms with E-state index in [2.05, 4.69) is 15.9 Å². The van der Waals surface area contributed by atoms with Crippen molar-refractivity contribution in [1.29, 1.82) is 0 Å². The van der Waals surface area contributed by atoms with Gasteiger partial charge in [-0.05, 0) is 59.1 Å². The van der Waals surface area contributed by atoms with Gasteiger partial charge >= 0.3 is 0 Å². The minimum absolute atomic E-state index is 0.126. The van der Waals surface area contributed by atoms with E-state index in [4.69, 9.17) is 11.6 Å². The molecule has 0 radical (unpaired) electrons. The molecule has 4 heteroatoms. The van der Waals surface area contributed by atoms with E-state index in [0.717, 1.165) is 10.0 Å². The molecule has 0 aliphatic rings. The maximum absolute atomic E-state index is 13.4. The minimum atomic E-state index is -0.412. The maximum atomic E-state index is 13.4. The zero-order chi connectivity index (χ0) is 14.2. The van der Waals surface area contributed by atoms with Crippen LogP contribution >= 0.6 is 27.5 Å². The fourth-order valence-corrected chi connectivity index (χ4v) is 2.48. The lowest BCUT2D eigenvalue weighted by atomic mass is 10.00. The van der Waals surface area contributed by atoms with Gasteiger partial charge in [0.1, 0.15) is 5.82 Å². The molecule has 0 saturated carbocycles. The molecule has 0 unspecified atom stereocenters. The molecular weight excluding hydrogens is 331 g/mol. The number of rotatable bonds is 2. The van der Waals surface area contributed by atoms with Gasteiger partial charge in [-0.1, -0.05) is 23.7 Å². The number of benzene rings is 2. The summed E-state index contributed by atoms with van der Waals surface area (Å²) >= 11 is 9.36. The van der Waals surface area contributed by atoms with Crippen LogP contribution in [-0.2, 0) is 0 Å². The smallest absolute Gasteiger partial charge is 0.195 e. The van der Waals surface area contributed by atoms with Gasteiger partial charge in [-0.15, -0.1) is 0 Å². The molecule has 19 heavy (non-hydrogen) atoms. The fourth-order valence-electron chi connectivity index (χ4n) is 1.80. The number of carbonyl (C=O) groups excluding carboxylic acids is 1. The highest BCUT2D eigenvalue weighted by Crippen LogP contribution is 2.28. The largest absolute Gasteiger partial charge is 0.289 e. The van der Waals surface area contributed by atoms with Crippen molar-refractivity contribution in [3.63, 3.8) is 0 Å². The molecule has 0 amide bonds.